The van der Waals surface area contributed by atoms with E-state index in [0.717, 1.165) is 23.5 Å². The molecule has 5 nitrogen and oxygen atoms in total. The van der Waals surface area contributed by atoms with Crippen molar-refractivity contribution in [3.63, 3.8) is 0 Å². The number of halogens is 3. The van der Waals surface area contributed by atoms with Crippen LogP contribution < -0.4 is 4.74 Å². The van der Waals surface area contributed by atoms with Gasteiger partial charge >= 0.3 is 12.1 Å². The summed E-state index contributed by atoms with van der Waals surface area (Å²) < 4.78 is 54.2. The number of rotatable bonds is 13. The number of hydrogen-bond donors (Lipinski definition) is 1. The lowest BCUT2D eigenvalue weighted by Crippen LogP contribution is -2.22. The lowest BCUT2D eigenvalue weighted by molar-refractivity contribution is -0.139. The van der Waals surface area contributed by atoms with Gasteiger partial charge in [0.05, 0.1) is 0 Å². The highest BCUT2D eigenvalue weighted by Crippen LogP contribution is 2.27. The number of aryl methyl sites for hydroxylation is 1. The zero-order chi connectivity index (χ0) is 25.4. The first-order valence-corrected chi connectivity index (χ1v) is 11.5. The van der Waals surface area contributed by atoms with Gasteiger partial charge in [-0.25, -0.2) is 4.79 Å². The number of benzene rings is 1. The highest BCUT2D eigenvalue weighted by molar-refractivity contribution is 7.99. The molecule has 0 bridgehead atoms. The molecule has 0 aliphatic carbocycles. The second kappa shape index (κ2) is 16.3. The Kier molecular flexibility index (Phi) is 15.1. The number of thioether (sulfide) groups is 1. The molecular weight excluding hydrogens is 457 g/mol. The number of carbonyl (C=O) groups is 1. The topological polar surface area (TPSA) is 65.0 Å². The largest absolute Gasteiger partial charge is 0.491 e. The van der Waals surface area contributed by atoms with Crippen LogP contribution in [-0.2, 0) is 14.3 Å². The Morgan fingerprint density at radius 2 is 1.94 bits per heavy atom. The second-order valence-corrected chi connectivity index (χ2v) is 7.52. The van der Waals surface area contributed by atoms with Crippen LogP contribution in [0, 0.1) is 6.92 Å². The van der Waals surface area contributed by atoms with Gasteiger partial charge in [0, 0.05) is 22.8 Å². The van der Waals surface area contributed by atoms with E-state index in [9.17, 15) is 18.0 Å². The molecule has 186 valence electrons. The number of carboxylic acid groups (broad SMARTS) is 1. The van der Waals surface area contributed by atoms with Gasteiger partial charge in [-0.15, -0.1) is 11.8 Å². The van der Waals surface area contributed by atoms with Gasteiger partial charge in [0.25, 0.3) is 0 Å². The summed E-state index contributed by atoms with van der Waals surface area (Å²) in [6.07, 6.45) is -1.17. The number of aliphatic carboxylic acids is 1. The summed E-state index contributed by atoms with van der Waals surface area (Å²) in [5, 5.41) is 8.70. The van der Waals surface area contributed by atoms with E-state index >= 15 is 0 Å². The van der Waals surface area contributed by atoms with Crippen molar-refractivity contribution in [2.24, 2.45) is 0 Å². The average molecular weight is 491 g/mol. The minimum absolute atomic E-state index is 0.149. The summed E-state index contributed by atoms with van der Waals surface area (Å²) in [7, 11) is 0. The highest BCUT2D eigenvalue weighted by atomic mass is 32.2. The minimum Gasteiger partial charge on any atom is -0.491 e. The molecule has 1 aromatic rings. The Bertz CT molecular complexity index is 804. The van der Waals surface area contributed by atoms with Gasteiger partial charge in [0.15, 0.2) is 6.61 Å². The Hall–Kier alpha value is -2.39. The van der Waals surface area contributed by atoms with Crippen LogP contribution in [-0.4, -0.2) is 48.9 Å². The number of hydrogen-bond acceptors (Lipinski definition) is 5. The predicted molar refractivity (Wildman–Crippen MR) is 126 cm³/mol. The van der Waals surface area contributed by atoms with E-state index < -0.39 is 24.3 Å². The summed E-state index contributed by atoms with van der Waals surface area (Å²) in [6.45, 7) is 12.4. The van der Waals surface area contributed by atoms with Crippen molar-refractivity contribution < 1.29 is 37.3 Å². The Morgan fingerprint density at radius 1 is 1.27 bits per heavy atom. The maximum Gasteiger partial charge on any atom is 0.412 e. The molecule has 0 heterocycles. The molecule has 1 aromatic carbocycles. The third-order valence-electron chi connectivity index (χ3n) is 3.92. The first-order valence-electron chi connectivity index (χ1n) is 10.5. The summed E-state index contributed by atoms with van der Waals surface area (Å²) in [5.41, 5.74) is 0.0673. The molecular formula is C24H33F3O5S. The second-order valence-electron chi connectivity index (χ2n) is 6.43. The quantitative estimate of drug-likeness (QED) is 0.191. The molecule has 1 atom stereocenters. The van der Waals surface area contributed by atoms with E-state index in [4.69, 9.17) is 19.3 Å². The molecule has 0 spiro atoms. The smallest absolute Gasteiger partial charge is 0.412 e. The normalized spacial score (nSPS) is 13.0. The van der Waals surface area contributed by atoms with Crippen LogP contribution in [0.1, 0.15) is 33.3 Å². The number of alkyl halides is 3. The average Bonchev–Trinajstić information content (AvgIpc) is 2.77. The van der Waals surface area contributed by atoms with Crippen LogP contribution in [0.3, 0.4) is 0 Å². The van der Waals surface area contributed by atoms with Gasteiger partial charge in [0.1, 0.15) is 24.2 Å². The van der Waals surface area contributed by atoms with Crippen molar-refractivity contribution in [2.45, 2.75) is 51.8 Å². The molecule has 0 aromatic heterocycles. The van der Waals surface area contributed by atoms with Crippen LogP contribution in [0.25, 0.3) is 0 Å². The van der Waals surface area contributed by atoms with Gasteiger partial charge in [-0.3, -0.25) is 0 Å². The molecule has 0 fully saturated rings. The van der Waals surface area contributed by atoms with Gasteiger partial charge in [-0.05, 0) is 56.7 Å². The Labute approximate surface area is 198 Å². The van der Waals surface area contributed by atoms with E-state index in [0.29, 0.717) is 18.1 Å². The third kappa shape index (κ3) is 13.0. The highest BCUT2D eigenvalue weighted by Gasteiger charge is 2.29. The molecule has 1 N–H and O–H groups in total. The van der Waals surface area contributed by atoms with Crippen molar-refractivity contribution in [2.75, 3.05) is 25.6 Å². The first kappa shape index (κ1) is 30.6. The number of carboxylic acids is 1. The van der Waals surface area contributed by atoms with E-state index in [-0.39, 0.29) is 18.5 Å². The van der Waals surface area contributed by atoms with Gasteiger partial charge in [-0.2, -0.15) is 13.2 Å². The van der Waals surface area contributed by atoms with Crippen molar-refractivity contribution in [3.05, 3.63) is 59.9 Å². The van der Waals surface area contributed by atoms with Crippen molar-refractivity contribution >= 4 is 17.7 Å². The molecule has 0 aliphatic rings. The fraction of sp³-hybridized carbons (Fsp3) is 0.458. The first-order chi connectivity index (χ1) is 15.6. The zero-order valence-electron chi connectivity index (χ0n) is 19.7. The number of ether oxygens (including phenoxy) is 3. The Morgan fingerprint density at radius 3 is 2.45 bits per heavy atom. The Balaban J connectivity index is 0.00000497. The SMILES string of the molecule is C=C/C(=C\C=C(/C)C(F)(F)F)OCC(CSc1ccc(OCC(=O)O)c(C)c1)OCC.CC. The minimum atomic E-state index is -4.39. The molecule has 0 saturated carbocycles. The summed E-state index contributed by atoms with van der Waals surface area (Å²) in [5.74, 6) is 0.215. The van der Waals surface area contributed by atoms with Crippen molar-refractivity contribution in [1.82, 2.24) is 0 Å². The van der Waals surface area contributed by atoms with E-state index in [2.05, 4.69) is 6.58 Å². The summed E-state index contributed by atoms with van der Waals surface area (Å²) in [6, 6.07) is 5.41. The van der Waals surface area contributed by atoms with E-state index in [1.165, 1.54) is 23.9 Å². The molecule has 0 radical (unpaired) electrons. The monoisotopic (exact) mass is 490 g/mol. The molecule has 1 rings (SSSR count). The van der Waals surface area contributed by atoms with Crippen molar-refractivity contribution in [1.29, 1.82) is 0 Å². The fourth-order valence-electron chi connectivity index (χ4n) is 2.25. The lowest BCUT2D eigenvalue weighted by Gasteiger charge is -2.18. The van der Waals surface area contributed by atoms with E-state index in [1.54, 1.807) is 6.07 Å². The lowest BCUT2D eigenvalue weighted by atomic mass is 10.2. The maximum atomic E-state index is 12.6. The summed E-state index contributed by atoms with van der Waals surface area (Å²) >= 11 is 1.51. The molecule has 1 unspecified atom stereocenters. The standard InChI is InChI=1S/C22H27F3O5S.C2H6/c1-5-17(8-7-16(4)22(23,24)25)29-12-18(28-6-2)14-31-19-9-10-20(15(3)11-19)30-13-21(26)27;1-2/h5,7-11,18H,1,6,12-14H2,2-4H3,(H,26,27);1-2H3/b16-7+,17-8+;. The van der Waals surface area contributed by atoms with Crippen LogP contribution in [0.4, 0.5) is 13.2 Å². The predicted octanol–water partition coefficient (Wildman–Crippen LogP) is 6.58. The molecule has 9 heteroatoms. The molecule has 0 amide bonds. The van der Waals surface area contributed by atoms with Gasteiger partial charge < -0.3 is 19.3 Å². The van der Waals surface area contributed by atoms with Crippen LogP contribution in [0.15, 0.2) is 59.2 Å². The third-order valence-corrected chi connectivity index (χ3v) is 5.04. The number of allylic oxidation sites excluding steroid dienone is 4. The van der Waals surface area contributed by atoms with E-state index in [1.807, 2.05) is 39.8 Å². The van der Waals surface area contributed by atoms with Crippen LogP contribution in [0.2, 0.25) is 0 Å². The fourth-order valence-corrected chi connectivity index (χ4v) is 3.24. The maximum absolute atomic E-state index is 12.6. The van der Waals surface area contributed by atoms with Crippen LogP contribution >= 0.6 is 11.8 Å². The zero-order valence-corrected chi connectivity index (χ0v) is 20.5. The molecule has 0 saturated heterocycles. The van der Waals surface area contributed by atoms with Crippen molar-refractivity contribution in [3.8, 4) is 5.75 Å². The van der Waals surface area contributed by atoms with Gasteiger partial charge in [0.2, 0.25) is 0 Å². The summed E-state index contributed by atoms with van der Waals surface area (Å²) in [4.78, 5) is 11.6. The molecule has 33 heavy (non-hydrogen) atoms. The van der Waals surface area contributed by atoms with Gasteiger partial charge in [-0.1, -0.05) is 26.5 Å². The van der Waals surface area contributed by atoms with Crippen LogP contribution in [0.5, 0.6) is 5.75 Å². The molecule has 0 aliphatic heterocycles.